The zero-order valence-electron chi connectivity index (χ0n) is 10.8. The molecule has 0 spiro atoms. The molecule has 0 bridgehead atoms. The second-order valence-corrected chi connectivity index (χ2v) is 6.76. The Labute approximate surface area is 108 Å². The van der Waals surface area contributed by atoms with Gasteiger partial charge in [0, 0.05) is 13.2 Å². The van der Waals surface area contributed by atoms with Crippen LogP contribution in [-0.2, 0) is 14.6 Å². The van der Waals surface area contributed by atoms with E-state index in [0.29, 0.717) is 19.0 Å². The molecule has 1 aliphatic heterocycles. The van der Waals surface area contributed by atoms with Gasteiger partial charge in [0.15, 0.2) is 9.84 Å². The van der Waals surface area contributed by atoms with Gasteiger partial charge < -0.3 is 10.1 Å². The van der Waals surface area contributed by atoms with Gasteiger partial charge in [-0.2, -0.15) is 0 Å². The highest BCUT2D eigenvalue weighted by atomic mass is 32.2. The van der Waals surface area contributed by atoms with Gasteiger partial charge in [0.1, 0.15) is 0 Å². The zero-order valence-corrected chi connectivity index (χ0v) is 11.7. The van der Waals surface area contributed by atoms with E-state index in [1.807, 2.05) is 6.92 Å². The van der Waals surface area contributed by atoms with Crippen molar-refractivity contribution in [3.63, 3.8) is 0 Å². The van der Waals surface area contributed by atoms with Crippen LogP contribution in [0.5, 0.6) is 0 Å². The number of methoxy groups -OCH3 is 1. The number of nitrogens with one attached hydrogen (secondary N) is 2. The molecule has 1 fully saturated rings. The van der Waals surface area contributed by atoms with Crippen LogP contribution in [0.15, 0.2) is 4.99 Å². The molecule has 2 unspecified atom stereocenters. The van der Waals surface area contributed by atoms with Gasteiger partial charge in [0.05, 0.1) is 24.2 Å². The highest BCUT2D eigenvalue weighted by Crippen LogP contribution is 2.14. The monoisotopic (exact) mass is 278 g/mol. The number of aliphatic imine (C=N–C) groups is 1. The van der Waals surface area contributed by atoms with Gasteiger partial charge in [-0.25, -0.2) is 19.3 Å². The Morgan fingerprint density at radius 2 is 2.33 bits per heavy atom. The number of guanidine groups is 1. The van der Waals surface area contributed by atoms with Crippen LogP contribution in [0.3, 0.4) is 0 Å². The smallest absolute Gasteiger partial charge is 0.206 e. The van der Waals surface area contributed by atoms with E-state index in [0.717, 1.165) is 6.42 Å². The molecule has 0 aromatic rings. The third kappa shape index (κ3) is 5.19. The Morgan fingerprint density at radius 3 is 2.89 bits per heavy atom. The summed E-state index contributed by atoms with van der Waals surface area (Å²) in [6, 6.07) is -0.179. The first-order valence-electron chi connectivity index (χ1n) is 5.97. The van der Waals surface area contributed by atoms with Crippen LogP contribution in [0.25, 0.3) is 0 Å². The molecule has 0 aliphatic carbocycles. The molecule has 0 radical (unpaired) electrons. The fraction of sp³-hybridized carbons (Fsp3) is 0.900. The van der Waals surface area contributed by atoms with Crippen LogP contribution in [0.2, 0.25) is 0 Å². The largest absolute Gasteiger partial charge is 0.383 e. The van der Waals surface area contributed by atoms with E-state index in [4.69, 9.17) is 10.6 Å². The molecule has 0 aromatic carbocycles. The molecule has 1 heterocycles. The van der Waals surface area contributed by atoms with Crippen molar-refractivity contribution in [2.75, 3.05) is 25.2 Å². The van der Waals surface area contributed by atoms with Gasteiger partial charge in [-0.05, 0) is 19.8 Å². The molecule has 1 aliphatic rings. The van der Waals surface area contributed by atoms with E-state index in [1.54, 1.807) is 7.11 Å². The standard InChI is InChI=1S/C10H22N4O3S/c1-8(6-17-2)12-10(14-11)13-9-4-3-5-18(15,16)7-9/h8-9H,3-7,11H2,1-2H3,(H2,12,13,14). The fourth-order valence-electron chi connectivity index (χ4n) is 1.92. The van der Waals surface area contributed by atoms with E-state index in [9.17, 15) is 8.42 Å². The SMILES string of the molecule is COCC(C)NC(=NC1CCCS(=O)(=O)C1)NN. The number of nitrogens with zero attached hydrogens (tertiary/aromatic N) is 1. The van der Waals surface area contributed by atoms with E-state index >= 15 is 0 Å². The predicted molar refractivity (Wildman–Crippen MR) is 70.9 cm³/mol. The van der Waals surface area contributed by atoms with Gasteiger partial charge in [0.25, 0.3) is 0 Å². The number of hydrazine groups is 1. The molecule has 8 heteroatoms. The Morgan fingerprint density at radius 1 is 1.61 bits per heavy atom. The van der Waals surface area contributed by atoms with Gasteiger partial charge in [-0.15, -0.1) is 0 Å². The summed E-state index contributed by atoms with van der Waals surface area (Å²) in [7, 11) is -1.34. The Hall–Kier alpha value is -0.860. The van der Waals surface area contributed by atoms with Crippen molar-refractivity contribution in [3.8, 4) is 0 Å². The summed E-state index contributed by atoms with van der Waals surface area (Å²) in [4.78, 5) is 4.31. The molecule has 0 amide bonds. The topological polar surface area (TPSA) is 106 Å². The molecular formula is C10H22N4O3S. The quantitative estimate of drug-likeness (QED) is 0.264. The number of sulfone groups is 1. The summed E-state index contributed by atoms with van der Waals surface area (Å²) in [5, 5.41) is 3.04. The van der Waals surface area contributed by atoms with E-state index in [2.05, 4.69) is 15.7 Å². The molecule has 4 N–H and O–H groups in total. The van der Waals surface area contributed by atoms with Crippen LogP contribution in [0.4, 0.5) is 0 Å². The Kier molecular flexibility index (Phi) is 5.83. The van der Waals surface area contributed by atoms with Crippen molar-refractivity contribution in [1.29, 1.82) is 0 Å². The summed E-state index contributed by atoms with van der Waals surface area (Å²) >= 11 is 0. The van der Waals surface area contributed by atoms with Crippen molar-refractivity contribution in [1.82, 2.24) is 10.7 Å². The summed E-state index contributed by atoms with van der Waals surface area (Å²) in [6.45, 7) is 2.44. The van der Waals surface area contributed by atoms with Crippen LogP contribution >= 0.6 is 0 Å². The van der Waals surface area contributed by atoms with Crippen LogP contribution < -0.4 is 16.6 Å². The molecule has 1 rings (SSSR count). The molecule has 106 valence electrons. The second kappa shape index (κ2) is 6.91. The van der Waals surface area contributed by atoms with Crippen LogP contribution in [0.1, 0.15) is 19.8 Å². The molecular weight excluding hydrogens is 256 g/mol. The van der Waals surface area contributed by atoms with Crippen LogP contribution in [0, 0.1) is 0 Å². The molecule has 2 atom stereocenters. The maximum atomic E-state index is 11.5. The minimum Gasteiger partial charge on any atom is -0.383 e. The molecule has 7 nitrogen and oxygen atoms in total. The first kappa shape index (κ1) is 15.2. The van der Waals surface area contributed by atoms with Crippen molar-refractivity contribution in [3.05, 3.63) is 0 Å². The number of rotatable bonds is 4. The van der Waals surface area contributed by atoms with Crippen molar-refractivity contribution < 1.29 is 13.2 Å². The Bertz CT molecular complexity index is 383. The normalized spacial score (nSPS) is 25.5. The number of hydrogen-bond acceptors (Lipinski definition) is 5. The third-order valence-corrected chi connectivity index (χ3v) is 4.49. The molecule has 18 heavy (non-hydrogen) atoms. The van der Waals surface area contributed by atoms with Gasteiger partial charge >= 0.3 is 0 Å². The minimum absolute atomic E-state index is 0.0463. The first-order valence-corrected chi connectivity index (χ1v) is 7.79. The lowest BCUT2D eigenvalue weighted by Crippen LogP contribution is -2.48. The average Bonchev–Trinajstić information content (AvgIpc) is 2.27. The maximum Gasteiger partial charge on any atom is 0.206 e. The molecule has 0 aromatic heterocycles. The van der Waals surface area contributed by atoms with E-state index < -0.39 is 9.84 Å². The number of ether oxygens (including phenoxy) is 1. The van der Waals surface area contributed by atoms with Crippen molar-refractivity contribution in [2.24, 2.45) is 10.8 Å². The summed E-state index contributed by atoms with van der Waals surface area (Å²) < 4.78 is 28.0. The van der Waals surface area contributed by atoms with Gasteiger partial charge in [-0.1, -0.05) is 0 Å². The fourth-order valence-corrected chi connectivity index (χ4v) is 3.52. The van der Waals surface area contributed by atoms with Gasteiger partial charge in [0.2, 0.25) is 5.96 Å². The summed E-state index contributed by atoms with van der Waals surface area (Å²) in [5.74, 6) is 6.13. The highest BCUT2D eigenvalue weighted by molar-refractivity contribution is 7.91. The van der Waals surface area contributed by atoms with Gasteiger partial charge in [-0.3, -0.25) is 5.43 Å². The maximum absolute atomic E-state index is 11.5. The molecule has 1 saturated heterocycles. The van der Waals surface area contributed by atoms with Crippen molar-refractivity contribution in [2.45, 2.75) is 31.8 Å². The molecule has 0 saturated carbocycles. The summed E-state index contributed by atoms with van der Waals surface area (Å²) in [6.07, 6.45) is 1.42. The Balaban J connectivity index is 2.60. The lowest BCUT2D eigenvalue weighted by Gasteiger charge is -2.21. The summed E-state index contributed by atoms with van der Waals surface area (Å²) in [5.41, 5.74) is 2.45. The second-order valence-electron chi connectivity index (χ2n) is 4.53. The van der Waals surface area contributed by atoms with E-state index in [-0.39, 0.29) is 23.6 Å². The van der Waals surface area contributed by atoms with E-state index in [1.165, 1.54) is 0 Å². The predicted octanol–water partition coefficient (Wildman–Crippen LogP) is -0.993. The van der Waals surface area contributed by atoms with Crippen molar-refractivity contribution >= 4 is 15.8 Å². The zero-order chi connectivity index (χ0) is 13.6. The first-order chi connectivity index (χ1) is 8.46. The van der Waals surface area contributed by atoms with Crippen LogP contribution in [-0.4, -0.2) is 51.7 Å². The number of nitrogens with two attached hydrogens (primary N) is 1. The number of hydrogen-bond donors (Lipinski definition) is 3. The average molecular weight is 278 g/mol. The lowest BCUT2D eigenvalue weighted by molar-refractivity contribution is 0.179. The third-order valence-electron chi connectivity index (χ3n) is 2.69. The lowest BCUT2D eigenvalue weighted by atomic mass is 10.2. The highest BCUT2D eigenvalue weighted by Gasteiger charge is 2.24. The minimum atomic E-state index is -2.95.